The fourth-order valence-corrected chi connectivity index (χ4v) is 5.99. The summed E-state index contributed by atoms with van der Waals surface area (Å²) in [4.78, 5) is 30.0. The van der Waals surface area contributed by atoms with Gasteiger partial charge in [0.2, 0.25) is 0 Å². The van der Waals surface area contributed by atoms with Crippen molar-refractivity contribution in [2.75, 3.05) is 31.9 Å². The number of benzene rings is 3. The normalized spacial score (nSPS) is 13.6. The number of nitrogens with two attached hydrogens (primary N) is 1. The summed E-state index contributed by atoms with van der Waals surface area (Å²) < 4.78 is 16.0. The predicted molar refractivity (Wildman–Crippen MR) is 181 cm³/mol. The molecule has 1 aliphatic heterocycles. The highest BCUT2D eigenvalue weighted by atomic mass is 19.1. The number of hydrogen-bond donors (Lipinski definition) is 2. The number of carbonyl (C=O) groups excluding carboxylic acids is 1. The summed E-state index contributed by atoms with van der Waals surface area (Å²) in [5, 5.41) is 9.85. The van der Waals surface area contributed by atoms with Crippen LogP contribution in [0.25, 0.3) is 45.2 Å². The predicted octanol–water partition coefficient (Wildman–Crippen LogP) is 6.18. The van der Waals surface area contributed by atoms with E-state index >= 15 is 0 Å². The van der Waals surface area contributed by atoms with Gasteiger partial charge in [0, 0.05) is 55.9 Å². The third-order valence-corrected chi connectivity index (χ3v) is 8.55. The number of piperazine rings is 1. The van der Waals surface area contributed by atoms with E-state index in [1.807, 2.05) is 34.9 Å². The molecule has 1 aliphatic rings. The van der Waals surface area contributed by atoms with E-state index in [2.05, 4.69) is 45.6 Å². The Morgan fingerprint density at radius 3 is 2.49 bits per heavy atom. The molecular formula is C37H32FN7O2. The zero-order valence-electron chi connectivity index (χ0n) is 25.6. The highest BCUT2D eigenvalue weighted by Gasteiger charge is 2.21. The first-order valence-electron chi connectivity index (χ1n) is 15.3. The molecule has 0 radical (unpaired) electrons. The number of hydrogen-bond acceptors (Lipinski definition) is 8. The molecule has 0 aliphatic carbocycles. The lowest BCUT2D eigenvalue weighted by molar-refractivity contribution is 0.112. The number of imidazole rings is 1. The molecule has 4 heterocycles. The van der Waals surface area contributed by atoms with Gasteiger partial charge in [-0.3, -0.25) is 14.3 Å². The van der Waals surface area contributed by atoms with Crippen LogP contribution in [0.15, 0.2) is 104 Å². The van der Waals surface area contributed by atoms with Crippen LogP contribution in [-0.4, -0.2) is 66.9 Å². The van der Waals surface area contributed by atoms with Gasteiger partial charge in [-0.2, -0.15) is 0 Å². The van der Waals surface area contributed by atoms with E-state index in [4.69, 9.17) is 15.7 Å². The van der Waals surface area contributed by atoms with E-state index in [1.165, 1.54) is 18.2 Å². The Morgan fingerprint density at radius 1 is 0.936 bits per heavy atom. The second kappa shape index (κ2) is 12.5. The van der Waals surface area contributed by atoms with Crippen LogP contribution >= 0.6 is 0 Å². The molecule has 0 saturated carbocycles. The Kier molecular flexibility index (Phi) is 7.93. The number of nitrogen functional groups attached to an aromatic ring is 1. The fourth-order valence-electron chi connectivity index (χ4n) is 5.99. The van der Waals surface area contributed by atoms with Crippen LogP contribution in [-0.2, 0) is 6.54 Å². The molecule has 3 N–H and O–H groups in total. The highest BCUT2D eigenvalue weighted by Crippen LogP contribution is 2.32. The van der Waals surface area contributed by atoms with Gasteiger partial charge in [0.25, 0.3) is 0 Å². The van der Waals surface area contributed by atoms with Crippen molar-refractivity contribution in [3.05, 3.63) is 126 Å². The maximum absolute atomic E-state index is 14.1. The third-order valence-electron chi connectivity index (χ3n) is 8.55. The first-order chi connectivity index (χ1) is 22.9. The molecule has 6 aromatic rings. The van der Waals surface area contributed by atoms with E-state index in [0.717, 1.165) is 55.2 Å². The summed E-state index contributed by atoms with van der Waals surface area (Å²) in [6.45, 7) is 8.32. The largest absolute Gasteiger partial charge is 0.507 e. The summed E-state index contributed by atoms with van der Waals surface area (Å²) in [6.07, 6.45) is 2.30. The van der Waals surface area contributed by atoms with Crippen LogP contribution in [0.1, 0.15) is 21.5 Å². The number of nitrogens with zero attached hydrogens (tertiary/aromatic N) is 6. The van der Waals surface area contributed by atoms with Gasteiger partial charge in [-0.15, -0.1) is 0 Å². The number of carbonyl (C=O) groups is 1. The Bertz CT molecular complexity index is 2120. The van der Waals surface area contributed by atoms with Crippen LogP contribution in [0, 0.1) is 5.82 Å². The number of fused-ring (bicyclic) bond motifs is 1. The average molecular weight is 626 g/mol. The fraction of sp³-hybridized carbons (Fsp3) is 0.135. The third kappa shape index (κ3) is 5.94. The van der Waals surface area contributed by atoms with Crippen molar-refractivity contribution >= 4 is 29.0 Å². The van der Waals surface area contributed by atoms with E-state index < -0.39 is 0 Å². The molecule has 1 saturated heterocycles. The van der Waals surface area contributed by atoms with Gasteiger partial charge in [0.05, 0.1) is 16.8 Å². The van der Waals surface area contributed by atoms with Gasteiger partial charge in [0.1, 0.15) is 22.9 Å². The summed E-state index contributed by atoms with van der Waals surface area (Å²) in [5.41, 5.74) is 13.6. The topological polar surface area (TPSA) is 113 Å². The number of phenolic OH excluding ortho intramolecular Hbond substituents is 1. The Labute approximate surface area is 271 Å². The van der Waals surface area contributed by atoms with Crippen molar-refractivity contribution in [2.24, 2.45) is 0 Å². The number of phenols is 1. The second-order valence-corrected chi connectivity index (χ2v) is 11.5. The number of pyridine rings is 2. The van der Waals surface area contributed by atoms with Crippen LogP contribution < -0.4 is 5.73 Å². The molecule has 0 amide bonds. The summed E-state index contributed by atoms with van der Waals surface area (Å²) in [5.74, 6) is 0.625. The Balaban J connectivity index is 1.13. The molecule has 0 bridgehead atoms. The molecule has 0 spiro atoms. The first-order valence-corrected chi connectivity index (χ1v) is 15.3. The van der Waals surface area contributed by atoms with Crippen molar-refractivity contribution in [3.63, 3.8) is 0 Å². The lowest BCUT2D eigenvalue weighted by atomic mass is 10.1. The maximum Gasteiger partial charge on any atom is 0.165 e. The number of anilines is 1. The number of aldehydes is 1. The minimum atomic E-state index is -0.325. The zero-order chi connectivity index (χ0) is 32.5. The highest BCUT2D eigenvalue weighted by molar-refractivity contribution is 5.85. The molecule has 0 unspecified atom stereocenters. The summed E-state index contributed by atoms with van der Waals surface area (Å²) >= 11 is 0. The standard InChI is InChI=1S/C37H32FN7O2/c1-24(26-9-14-34(47)28(20-26)23-46)44-18-16-43(17-19-44)22-25-7-10-30(11-8-25)45-36(31-6-3-15-40-35(31)39)42-33-13-12-32(41-37(33)45)27-4-2-5-29(38)21-27/h2-15,20-21,23,47H,1,16-19,22H2,(H2,39,40). The number of aromatic hydroxyl groups is 1. The quantitative estimate of drug-likeness (QED) is 0.193. The summed E-state index contributed by atoms with van der Waals surface area (Å²) in [6, 6.07) is 27.1. The van der Waals surface area contributed by atoms with Gasteiger partial charge in [0.15, 0.2) is 17.8 Å². The van der Waals surface area contributed by atoms with Gasteiger partial charge in [-0.1, -0.05) is 30.8 Å². The maximum atomic E-state index is 14.1. The first kappa shape index (κ1) is 29.8. The Hall–Kier alpha value is -5.87. The molecule has 10 heteroatoms. The smallest absolute Gasteiger partial charge is 0.165 e. The molecule has 0 atom stereocenters. The van der Waals surface area contributed by atoms with Gasteiger partial charge in [-0.25, -0.2) is 19.3 Å². The van der Waals surface area contributed by atoms with E-state index in [0.29, 0.717) is 45.9 Å². The number of halogens is 1. The van der Waals surface area contributed by atoms with Crippen molar-refractivity contribution in [1.29, 1.82) is 0 Å². The van der Waals surface area contributed by atoms with Crippen molar-refractivity contribution in [1.82, 2.24) is 29.3 Å². The van der Waals surface area contributed by atoms with Crippen molar-refractivity contribution in [2.45, 2.75) is 6.54 Å². The monoisotopic (exact) mass is 625 g/mol. The number of aromatic nitrogens is 4. The summed E-state index contributed by atoms with van der Waals surface area (Å²) in [7, 11) is 0. The minimum absolute atomic E-state index is 0.0316. The molecule has 3 aromatic carbocycles. The molecule has 234 valence electrons. The van der Waals surface area contributed by atoms with Crippen LogP contribution in [0.5, 0.6) is 5.75 Å². The molecule has 7 rings (SSSR count). The SMILES string of the molecule is C=C(c1ccc(O)c(C=O)c1)N1CCN(Cc2ccc(-n3c(-c4cccnc4N)nc4ccc(-c5cccc(F)c5)nc43)cc2)CC1. The lowest BCUT2D eigenvalue weighted by Gasteiger charge is -2.37. The van der Waals surface area contributed by atoms with Gasteiger partial charge >= 0.3 is 0 Å². The van der Waals surface area contributed by atoms with Crippen LogP contribution in [0.3, 0.4) is 0 Å². The van der Waals surface area contributed by atoms with E-state index in [-0.39, 0.29) is 17.1 Å². The number of rotatable bonds is 8. The average Bonchev–Trinajstić information content (AvgIpc) is 3.47. The molecule has 9 nitrogen and oxygen atoms in total. The molecule has 3 aromatic heterocycles. The molecule has 1 fully saturated rings. The van der Waals surface area contributed by atoms with E-state index in [9.17, 15) is 14.3 Å². The lowest BCUT2D eigenvalue weighted by Crippen LogP contribution is -2.44. The Morgan fingerprint density at radius 2 is 1.74 bits per heavy atom. The van der Waals surface area contributed by atoms with Gasteiger partial charge in [-0.05, 0) is 77.9 Å². The van der Waals surface area contributed by atoms with Crippen molar-refractivity contribution < 1.29 is 14.3 Å². The van der Waals surface area contributed by atoms with Crippen LogP contribution in [0.2, 0.25) is 0 Å². The molecular weight excluding hydrogens is 593 g/mol. The molecule has 47 heavy (non-hydrogen) atoms. The minimum Gasteiger partial charge on any atom is -0.507 e. The second-order valence-electron chi connectivity index (χ2n) is 11.5. The zero-order valence-corrected chi connectivity index (χ0v) is 25.6. The van der Waals surface area contributed by atoms with Crippen LogP contribution in [0.4, 0.5) is 10.2 Å². The van der Waals surface area contributed by atoms with Crippen molar-refractivity contribution in [3.8, 4) is 34.1 Å². The van der Waals surface area contributed by atoms with Gasteiger partial charge < -0.3 is 15.7 Å². The van der Waals surface area contributed by atoms with E-state index in [1.54, 1.807) is 24.4 Å².